The number of nitrogens with one attached hydrogen (secondary N) is 2. The molecular weight excluding hydrogens is 274 g/mol. The molecule has 1 amide bonds. The van der Waals surface area contributed by atoms with Crippen molar-refractivity contribution in [2.45, 2.75) is 26.8 Å². The fraction of sp³-hybridized carbons (Fsp3) is 0.308. The number of hydrogen-bond acceptors (Lipinski definition) is 6. The molecule has 0 radical (unpaired) electrons. The number of nitrogen functional groups attached to an aromatic ring is 1. The molecule has 20 heavy (non-hydrogen) atoms. The van der Waals surface area contributed by atoms with Crippen molar-refractivity contribution < 1.29 is 4.79 Å². The molecule has 106 valence electrons. The fourth-order valence-corrected chi connectivity index (χ4v) is 2.35. The number of nitrogens with two attached hydrogens (primary N) is 1. The van der Waals surface area contributed by atoms with Crippen molar-refractivity contribution in [3.8, 4) is 0 Å². The molecule has 0 unspecified atom stereocenters. The van der Waals surface area contributed by atoms with Gasteiger partial charge in [-0.1, -0.05) is 6.92 Å². The van der Waals surface area contributed by atoms with Crippen LogP contribution < -0.4 is 16.6 Å². The van der Waals surface area contributed by atoms with E-state index in [1.807, 2.05) is 19.2 Å². The molecule has 4 N–H and O–H groups in total. The Morgan fingerprint density at radius 3 is 2.75 bits per heavy atom. The molecule has 2 rings (SSSR count). The number of amides is 1. The largest absolute Gasteiger partial charge is 0.346 e. The molecule has 0 saturated carbocycles. The van der Waals surface area contributed by atoms with Gasteiger partial charge in [0.15, 0.2) is 0 Å². The molecule has 0 aliphatic heterocycles. The number of anilines is 1. The van der Waals surface area contributed by atoms with E-state index in [1.165, 1.54) is 0 Å². The minimum absolute atomic E-state index is 0.163. The number of rotatable bonds is 5. The number of nitrogens with zero attached hydrogens (tertiary/aromatic N) is 2. The number of carbonyl (C=O) groups is 1. The molecule has 0 atom stereocenters. The van der Waals surface area contributed by atoms with Gasteiger partial charge in [0.1, 0.15) is 5.82 Å². The quantitative estimate of drug-likeness (QED) is 0.575. The van der Waals surface area contributed by atoms with E-state index in [0.29, 0.717) is 17.9 Å². The zero-order valence-corrected chi connectivity index (χ0v) is 12.3. The van der Waals surface area contributed by atoms with Crippen LogP contribution in [0, 0.1) is 6.92 Å². The van der Waals surface area contributed by atoms with Crippen LogP contribution in [-0.2, 0) is 13.0 Å². The first-order valence-electron chi connectivity index (χ1n) is 6.29. The van der Waals surface area contributed by atoms with Crippen molar-refractivity contribution >= 4 is 23.1 Å². The number of carbonyl (C=O) groups excluding carboxylic acids is 1. The van der Waals surface area contributed by atoms with Gasteiger partial charge >= 0.3 is 0 Å². The highest BCUT2D eigenvalue weighted by Crippen LogP contribution is 2.11. The van der Waals surface area contributed by atoms with Gasteiger partial charge in [0, 0.05) is 16.6 Å². The molecular formula is C13H17N5OS. The Morgan fingerprint density at radius 1 is 1.35 bits per heavy atom. The lowest BCUT2D eigenvalue weighted by molar-refractivity contribution is 0.0950. The van der Waals surface area contributed by atoms with Gasteiger partial charge in [-0.05, 0) is 25.5 Å². The van der Waals surface area contributed by atoms with Crippen molar-refractivity contribution in [3.63, 3.8) is 0 Å². The first-order chi connectivity index (χ1) is 9.62. The van der Waals surface area contributed by atoms with Crippen LogP contribution >= 0.6 is 11.3 Å². The summed E-state index contributed by atoms with van der Waals surface area (Å²) in [6.07, 6.45) is 0.737. The second-order valence-corrected chi connectivity index (χ2v) is 5.33. The van der Waals surface area contributed by atoms with E-state index in [4.69, 9.17) is 5.84 Å². The second-order valence-electron chi connectivity index (χ2n) is 4.27. The minimum atomic E-state index is -0.163. The lowest BCUT2D eigenvalue weighted by atomic mass is 10.2. The Labute approximate surface area is 121 Å². The summed E-state index contributed by atoms with van der Waals surface area (Å²) in [5.41, 5.74) is 4.69. The minimum Gasteiger partial charge on any atom is -0.346 e. The van der Waals surface area contributed by atoms with Crippen molar-refractivity contribution in [2.75, 3.05) is 5.43 Å². The predicted octanol–water partition coefficient (Wildman–Crippen LogP) is 1.62. The number of pyridine rings is 1. The third kappa shape index (κ3) is 3.52. The van der Waals surface area contributed by atoms with Gasteiger partial charge in [-0.2, -0.15) is 0 Å². The van der Waals surface area contributed by atoms with Gasteiger partial charge in [0.25, 0.3) is 5.91 Å². The fourth-order valence-electron chi connectivity index (χ4n) is 1.74. The Morgan fingerprint density at radius 2 is 2.15 bits per heavy atom. The number of thiazole rings is 1. The van der Waals surface area contributed by atoms with Crippen LogP contribution in [0.3, 0.4) is 0 Å². The lowest BCUT2D eigenvalue weighted by Gasteiger charge is -2.08. The summed E-state index contributed by atoms with van der Waals surface area (Å²) in [6, 6.07) is 3.39. The van der Waals surface area contributed by atoms with E-state index >= 15 is 0 Å². The van der Waals surface area contributed by atoms with Crippen LogP contribution in [0.2, 0.25) is 0 Å². The first kappa shape index (κ1) is 14.4. The van der Waals surface area contributed by atoms with Crippen molar-refractivity contribution in [2.24, 2.45) is 5.84 Å². The maximum absolute atomic E-state index is 12.1. The molecule has 0 spiro atoms. The zero-order valence-electron chi connectivity index (χ0n) is 11.4. The third-order valence-corrected chi connectivity index (χ3v) is 3.57. The normalized spacial score (nSPS) is 10.3. The predicted molar refractivity (Wildman–Crippen MR) is 79.4 cm³/mol. The number of hydrogen-bond donors (Lipinski definition) is 3. The Hall–Kier alpha value is -1.99. The number of aromatic nitrogens is 2. The molecule has 0 bridgehead atoms. The van der Waals surface area contributed by atoms with Crippen LogP contribution in [-0.4, -0.2) is 15.9 Å². The van der Waals surface area contributed by atoms with E-state index < -0.39 is 0 Å². The summed E-state index contributed by atoms with van der Waals surface area (Å²) >= 11 is 1.57. The van der Waals surface area contributed by atoms with Crippen LogP contribution in [0.1, 0.15) is 33.7 Å². The maximum Gasteiger partial charge on any atom is 0.251 e. The van der Waals surface area contributed by atoms with Gasteiger partial charge in [0.05, 0.1) is 17.2 Å². The summed E-state index contributed by atoms with van der Waals surface area (Å²) in [5.74, 6) is 5.68. The van der Waals surface area contributed by atoms with Crippen LogP contribution in [0.4, 0.5) is 5.82 Å². The average molecular weight is 291 g/mol. The smallest absolute Gasteiger partial charge is 0.251 e. The Bertz CT molecular complexity index is 588. The van der Waals surface area contributed by atoms with Gasteiger partial charge in [0.2, 0.25) is 0 Å². The van der Waals surface area contributed by atoms with Crippen molar-refractivity contribution in [1.29, 1.82) is 0 Å². The first-order valence-corrected chi connectivity index (χ1v) is 7.17. The van der Waals surface area contributed by atoms with E-state index in [9.17, 15) is 4.79 Å². The van der Waals surface area contributed by atoms with E-state index in [1.54, 1.807) is 23.5 Å². The summed E-state index contributed by atoms with van der Waals surface area (Å²) < 4.78 is 0. The van der Waals surface area contributed by atoms with Crippen LogP contribution in [0.25, 0.3) is 0 Å². The van der Waals surface area contributed by atoms with E-state index in [-0.39, 0.29) is 5.91 Å². The molecule has 0 saturated heterocycles. The van der Waals surface area contributed by atoms with Crippen molar-refractivity contribution in [1.82, 2.24) is 15.3 Å². The lowest BCUT2D eigenvalue weighted by Crippen LogP contribution is -2.23. The Balaban J connectivity index is 2.08. The molecule has 6 nitrogen and oxygen atoms in total. The van der Waals surface area contributed by atoms with E-state index in [0.717, 1.165) is 22.8 Å². The van der Waals surface area contributed by atoms with Gasteiger partial charge in [-0.15, -0.1) is 11.3 Å². The molecule has 0 aliphatic carbocycles. The summed E-state index contributed by atoms with van der Waals surface area (Å²) in [7, 11) is 0. The Kier molecular flexibility index (Phi) is 4.65. The van der Waals surface area contributed by atoms with Crippen LogP contribution in [0.5, 0.6) is 0 Å². The van der Waals surface area contributed by atoms with Gasteiger partial charge in [-0.25, -0.2) is 15.8 Å². The van der Waals surface area contributed by atoms with Gasteiger partial charge < -0.3 is 10.7 Å². The summed E-state index contributed by atoms with van der Waals surface area (Å²) in [5, 5.41) is 5.76. The molecule has 0 aliphatic rings. The van der Waals surface area contributed by atoms with Crippen molar-refractivity contribution in [3.05, 3.63) is 39.5 Å². The standard InChI is InChI=1S/C13H17N5OS/c1-3-10-4-9(5-12(17-10)18-14)13(19)15-6-11-7-20-8(2)16-11/h4-5,7H,3,6,14H2,1-2H3,(H,15,19)(H,17,18). The van der Waals surface area contributed by atoms with E-state index in [2.05, 4.69) is 20.7 Å². The highest BCUT2D eigenvalue weighted by atomic mass is 32.1. The monoisotopic (exact) mass is 291 g/mol. The third-order valence-electron chi connectivity index (χ3n) is 2.75. The van der Waals surface area contributed by atoms with Gasteiger partial charge in [-0.3, -0.25) is 4.79 Å². The average Bonchev–Trinajstić information content (AvgIpc) is 2.89. The molecule has 2 aromatic rings. The highest BCUT2D eigenvalue weighted by Gasteiger charge is 2.09. The molecule has 0 aromatic carbocycles. The number of hydrazine groups is 1. The second kappa shape index (κ2) is 6.44. The molecule has 7 heteroatoms. The summed E-state index contributed by atoms with van der Waals surface area (Å²) in [4.78, 5) is 20.7. The number of aryl methyl sites for hydroxylation is 2. The maximum atomic E-state index is 12.1. The zero-order chi connectivity index (χ0) is 14.5. The summed E-state index contributed by atoms with van der Waals surface area (Å²) in [6.45, 7) is 4.33. The SMILES string of the molecule is CCc1cc(C(=O)NCc2csc(C)n2)cc(NN)n1. The topological polar surface area (TPSA) is 92.9 Å². The van der Waals surface area contributed by atoms with Crippen LogP contribution in [0.15, 0.2) is 17.5 Å². The molecule has 2 aromatic heterocycles. The highest BCUT2D eigenvalue weighted by molar-refractivity contribution is 7.09. The molecule has 0 fully saturated rings. The molecule has 2 heterocycles.